The lowest BCUT2D eigenvalue weighted by Crippen LogP contribution is -2.42. The quantitative estimate of drug-likeness (QED) is 0.893. The normalized spacial score (nSPS) is 18.9. The van der Waals surface area contributed by atoms with Gasteiger partial charge in [0.25, 0.3) is 0 Å². The highest BCUT2D eigenvalue weighted by Crippen LogP contribution is 2.21. The summed E-state index contributed by atoms with van der Waals surface area (Å²) in [6, 6.07) is 5.51. The van der Waals surface area contributed by atoms with Crippen molar-refractivity contribution in [2.24, 2.45) is 5.92 Å². The second-order valence-corrected chi connectivity index (χ2v) is 7.45. The van der Waals surface area contributed by atoms with E-state index in [-0.39, 0.29) is 6.04 Å². The molecule has 1 heterocycles. The maximum absolute atomic E-state index is 12.5. The lowest BCUT2D eigenvalue weighted by molar-refractivity contribution is 0.316. The van der Waals surface area contributed by atoms with Crippen LogP contribution in [0.5, 0.6) is 0 Å². The fourth-order valence-corrected chi connectivity index (χ4v) is 4.39. The molecule has 1 atom stereocenters. The molecule has 0 saturated carbocycles. The molecule has 1 aromatic rings. The molecule has 112 valence electrons. The molecule has 0 aromatic heterocycles. The van der Waals surface area contributed by atoms with Crippen LogP contribution in [0.4, 0.5) is 0 Å². The summed E-state index contributed by atoms with van der Waals surface area (Å²) in [5, 5.41) is 3.30. The van der Waals surface area contributed by atoms with Crippen LogP contribution in [0.2, 0.25) is 0 Å². The van der Waals surface area contributed by atoms with Gasteiger partial charge < -0.3 is 5.32 Å². The number of hydrogen-bond acceptors (Lipinski definition) is 3. The van der Waals surface area contributed by atoms with E-state index >= 15 is 0 Å². The van der Waals surface area contributed by atoms with E-state index in [9.17, 15) is 8.42 Å². The molecule has 1 fully saturated rings. The van der Waals surface area contributed by atoms with E-state index < -0.39 is 10.0 Å². The van der Waals surface area contributed by atoms with E-state index in [4.69, 9.17) is 0 Å². The molecule has 1 aliphatic rings. The number of rotatable bonds is 4. The SMILES string of the molecule is Cc1ccc(C)c(S(=O)(=O)NC(C)C2CCNCC2)c1. The van der Waals surface area contributed by atoms with E-state index in [0.29, 0.717) is 10.8 Å². The van der Waals surface area contributed by atoms with Crippen LogP contribution in [0.1, 0.15) is 30.9 Å². The van der Waals surface area contributed by atoms with Crippen molar-refractivity contribution in [1.82, 2.24) is 10.0 Å². The summed E-state index contributed by atoms with van der Waals surface area (Å²) in [6.45, 7) is 7.66. The van der Waals surface area contributed by atoms with Crippen molar-refractivity contribution in [3.8, 4) is 0 Å². The summed E-state index contributed by atoms with van der Waals surface area (Å²) >= 11 is 0. The Hall–Kier alpha value is -0.910. The molecule has 0 spiro atoms. The third-order valence-corrected chi connectivity index (χ3v) is 5.77. The van der Waals surface area contributed by atoms with Crippen molar-refractivity contribution in [3.05, 3.63) is 29.3 Å². The number of piperidine rings is 1. The van der Waals surface area contributed by atoms with Gasteiger partial charge in [-0.25, -0.2) is 13.1 Å². The molecule has 2 N–H and O–H groups in total. The van der Waals surface area contributed by atoms with Crippen molar-refractivity contribution in [1.29, 1.82) is 0 Å². The Labute approximate surface area is 122 Å². The van der Waals surface area contributed by atoms with Crippen molar-refractivity contribution in [2.75, 3.05) is 13.1 Å². The topological polar surface area (TPSA) is 58.2 Å². The lowest BCUT2D eigenvalue weighted by atomic mass is 9.92. The van der Waals surface area contributed by atoms with Gasteiger partial charge in [-0.1, -0.05) is 12.1 Å². The molecule has 20 heavy (non-hydrogen) atoms. The molecule has 1 aliphatic heterocycles. The van der Waals surface area contributed by atoms with E-state index in [0.717, 1.165) is 37.1 Å². The minimum atomic E-state index is -3.43. The number of hydrogen-bond donors (Lipinski definition) is 2. The fraction of sp³-hybridized carbons (Fsp3) is 0.600. The summed E-state index contributed by atoms with van der Waals surface area (Å²) in [5.74, 6) is 0.413. The van der Waals surface area contributed by atoms with Gasteiger partial charge in [-0.05, 0) is 69.8 Å². The summed E-state index contributed by atoms with van der Waals surface area (Å²) in [5.41, 5.74) is 1.76. The Morgan fingerprint density at radius 2 is 1.90 bits per heavy atom. The predicted molar refractivity (Wildman–Crippen MR) is 81.3 cm³/mol. The van der Waals surface area contributed by atoms with E-state index in [2.05, 4.69) is 10.0 Å². The van der Waals surface area contributed by atoms with Crippen LogP contribution in [0, 0.1) is 19.8 Å². The van der Waals surface area contributed by atoms with E-state index in [1.807, 2.05) is 32.9 Å². The van der Waals surface area contributed by atoms with E-state index in [1.54, 1.807) is 6.07 Å². The summed E-state index contributed by atoms with van der Waals surface area (Å²) in [6.07, 6.45) is 2.05. The summed E-state index contributed by atoms with van der Waals surface area (Å²) in [7, 11) is -3.43. The minimum absolute atomic E-state index is 0.0259. The zero-order valence-corrected chi connectivity index (χ0v) is 13.3. The molecule has 2 rings (SSSR count). The Morgan fingerprint density at radius 3 is 2.55 bits per heavy atom. The third-order valence-electron chi connectivity index (χ3n) is 4.07. The standard InChI is InChI=1S/C15H24N2O2S/c1-11-4-5-12(2)15(10-11)20(18,19)17-13(3)14-6-8-16-9-7-14/h4-5,10,13-14,16-17H,6-9H2,1-3H3. The number of aryl methyl sites for hydroxylation is 2. The van der Waals surface area contributed by atoms with Crippen molar-refractivity contribution in [2.45, 2.75) is 44.6 Å². The highest BCUT2D eigenvalue weighted by atomic mass is 32.2. The largest absolute Gasteiger partial charge is 0.317 e. The third kappa shape index (κ3) is 3.59. The van der Waals surface area contributed by atoms with Gasteiger partial charge in [0.2, 0.25) is 10.0 Å². The smallest absolute Gasteiger partial charge is 0.241 e. The monoisotopic (exact) mass is 296 g/mol. The highest BCUT2D eigenvalue weighted by Gasteiger charge is 2.25. The Balaban J connectivity index is 2.16. The molecule has 1 saturated heterocycles. The van der Waals surface area contributed by atoms with Crippen molar-refractivity contribution in [3.63, 3.8) is 0 Å². The molecule has 0 bridgehead atoms. The molecule has 1 unspecified atom stereocenters. The van der Waals surface area contributed by atoms with Crippen LogP contribution in [-0.2, 0) is 10.0 Å². The van der Waals surface area contributed by atoms with E-state index in [1.165, 1.54) is 0 Å². The first-order chi connectivity index (χ1) is 9.40. The van der Waals surface area contributed by atoms with Gasteiger partial charge in [-0.15, -0.1) is 0 Å². The second kappa shape index (κ2) is 6.24. The molecular weight excluding hydrogens is 272 g/mol. The van der Waals surface area contributed by atoms with Crippen LogP contribution >= 0.6 is 0 Å². The average Bonchev–Trinajstić information content (AvgIpc) is 2.42. The molecular formula is C15H24N2O2S. The van der Waals surface area contributed by atoms with Crippen LogP contribution in [0.25, 0.3) is 0 Å². The first-order valence-corrected chi connectivity index (χ1v) is 8.69. The minimum Gasteiger partial charge on any atom is -0.317 e. The predicted octanol–water partition coefficient (Wildman–Crippen LogP) is 1.97. The van der Waals surface area contributed by atoms with Gasteiger partial charge in [-0.2, -0.15) is 0 Å². The number of nitrogens with one attached hydrogen (secondary N) is 2. The van der Waals surface area contributed by atoms with Crippen LogP contribution in [0.3, 0.4) is 0 Å². The average molecular weight is 296 g/mol. The first kappa shape index (κ1) is 15.5. The van der Waals surface area contributed by atoms with Gasteiger partial charge >= 0.3 is 0 Å². The lowest BCUT2D eigenvalue weighted by Gasteiger charge is -2.28. The van der Waals surface area contributed by atoms with Gasteiger partial charge in [0.1, 0.15) is 0 Å². The summed E-state index contributed by atoms with van der Waals surface area (Å²) < 4.78 is 27.9. The van der Waals surface area contributed by atoms with Gasteiger partial charge in [0.05, 0.1) is 4.90 Å². The Morgan fingerprint density at radius 1 is 1.25 bits per heavy atom. The van der Waals surface area contributed by atoms with Gasteiger partial charge in [-0.3, -0.25) is 0 Å². The molecule has 0 radical (unpaired) electrons. The van der Waals surface area contributed by atoms with Gasteiger partial charge in [0.15, 0.2) is 0 Å². The molecule has 1 aromatic carbocycles. The maximum atomic E-state index is 12.5. The number of benzene rings is 1. The fourth-order valence-electron chi connectivity index (χ4n) is 2.75. The Kier molecular flexibility index (Phi) is 4.83. The maximum Gasteiger partial charge on any atom is 0.241 e. The molecule has 5 heteroatoms. The highest BCUT2D eigenvalue weighted by molar-refractivity contribution is 7.89. The molecule has 0 aliphatic carbocycles. The van der Waals surface area contributed by atoms with Crippen molar-refractivity contribution < 1.29 is 8.42 Å². The second-order valence-electron chi connectivity index (χ2n) is 5.77. The first-order valence-electron chi connectivity index (χ1n) is 7.20. The van der Waals surface area contributed by atoms with Crippen LogP contribution < -0.4 is 10.0 Å². The van der Waals surface area contributed by atoms with Crippen LogP contribution in [0.15, 0.2) is 23.1 Å². The molecule has 4 nitrogen and oxygen atoms in total. The van der Waals surface area contributed by atoms with Crippen molar-refractivity contribution >= 4 is 10.0 Å². The van der Waals surface area contributed by atoms with Crippen LogP contribution in [-0.4, -0.2) is 27.5 Å². The van der Waals surface area contributed by atoms with Gasteiger partial charge in [0, 0.05) is 6.04 Å². The Bertz CT molecular complexity index is 563. The zero-order chi connectivity index (χ0) is 14.8. The summed E-state index contributed by atoms with van der Waals surface area (Å²) in [4.78, 5) is 0.401. The zero-order valence-electron chi connectivity index (χ0n) is 12.4. The molecule has 0 amide bonds. The number of sulfonamides is 1.